The molecule has 96 valence electrons. The molecule has 1 aromatic carbocycles. The Morgan fingerprint density at radius 3 is 3.06 bits per heavy atom. The van der Waals surface area contributed by atoms with Gasteiger partial charge in [0.25, 0.3) is 0 Å². The van der Waals surface area contributed by atoms with Gasteiger partial charge in [-0.1, -0.05) is 23.7 Å². The van der Waals surface area contributed by atoms with Crippen molar-refractivity contribution >= 4 is 11.6 Å². The van der Waals surface area contributed by atoms with Crippen molar-refractivity contribution in [2.45, 2.75) is 31.9 Å². The van der Waals surface area contributed by atoms with E-state index < -0.39 is 0 Å². The van der Waals surface area contributed by atoms with Crippen LogP contribution < -0.4 is 4.74 Å². The third kappa shape index (κ3) is 3.16. The molecule has 0 aromatic heterocycles. The van der Waals surface area contributed by atoms with Gasteiger partial charge < -0.3 is 4.74 Å². The second kappa shape index (κ2) is 6.08. The Hall–Kier alpha value is -1.24. The highest BCUT2D eigenvalue weighted by Gasteiger charge is 2.27. The number of ether oxygens (including phenoxy) is 1. The van der Waals surface area contributed by atoms with E-state index in [4.69, 9.17) is 21.6 Å². The number of halogens is 1. The second-order valence-corrected chi connectivity index (χ2v) is 5.07. The molecule has 1 aliphatic heterocycles. The minimum Gasteiger partial charge on any atom is -0.487 e. The molecule has 0 aliphatic carbocycles. The second-order valence-electron chi connectivity index (χ2n) is 4.67. The lowest BCUT2D eigenvalue weighted by atomic mass is 10.2. The third-order valence-electron chi connectivity index (χ3n) is 3.32. The Labute approximate surface area is 113 Å². The standard InChI is InChI=1S/C14H17ClN2O/c1-11(6-8-16)17-9-7-12(10-17)18-14-5-3-2-4-13(14)15/h2-5,11-12H,6-7,9-10H2,1H3. The summed E-state index contributed by atoms with van der Waals surface area (Å²) < 4.78 is 5.91. The summed E-state index contributed by atoms with van der Waals surface area (Å²) in [5.74, 6) is 0.749. The molecule has 18 heavy (non-hydrogen) atoms. The minimum absolute atomic E-state index is 0.172. The maximum absolute atomic E-state index is 8.71. The number of nitriles is 1. The van der Waals surface area contributed by atoms with Crippen molar-refractivity contribution in [1.29, 1.82) is 5.26 Å². The SMILES string of the molecule is CC(CC#N)N1CCC(Oc2ccccc2Cl)C1. The van der Waals surface area contributed by atoms with Gasteiger partial charge in [0.15, 0.2) is 0 Å². The molecule has 0 radical (unpaired) electrons. The van der Waals surface area contributed by atoms with Gasteiger partial charge in [0.2, 0.25) is 0 Å². The van der Waals surface area contributed by atoms with Crippen LogP contribution in [-0.4, -0.2) is 30.1 Å². The van der Waals surface area contributed by atoms with Gasteiger partial charge in [-0.15, -0.1) is 0 Å². The quantitative estimate of drug-likeness (QED) is 0.838. The molecule has 1 fully saturated rings. The molecular formula is C14H17ClN2O. The average molecular weight is 265 g/mol. The normalized spacial score (nSPS) is 21.5. The summed E-state index contributed by atoms with van der Waals surface area (Å²) in [6.45, 7) is 3.94. The number of nitrogens with zero attached hydrogens (tertiary/aromatic N) is 2. The maximum atomic E-state index is 8.71. The number of benzene rings is 1. The summed E-state index contributed by atoms with van der Waals surface area (Å²) in [6.07, 6.45) is 1.73. The van der Waals surface area contributed by atoms with E-state index in [1.807, 2.05) is 24.3 Å². The minimum atomic E-state index is 0.172. The Bertz CT molecular complexity index is 444. The van der Waals surface area contributed by atoms with E-state index >= 15 is 0 Å². The summed E-state index contributed by atoms with van der Waals surface area (Å²) in [5, 5.41) is 9.36. The smallest absolute Gasteiger partial charge is 0.138 e. The van der Waals surface area contributed by atoms with Gasteiger partial charge in [-0.25, -0.2) is 0 Å². The van der Waals surface area contributed by atoms with Crippen molar-refractivity contribution in [3.05, 3.63) is 29.3 Å². The zero-order valence-electron chi connectivity index (χ0n) is 10.5. The number of hydrogen-bond donors (Lipinski definition) is 0. The molecule has 1 aromatic rings. The molecule has 2 atom stereocenters. The van der Waals surface area contributed by atoms with Gasteiger partial charge in [0.1, 0.15) is 11.9 Å². The molecule has 0 amide bonds. The highest BCUT2D eigenvalue weighted by atomic mass is 35.5. The van der Waals surface area contributed by atoms with Crippen molar-refractivity contribution in [1.82, 2.24) is 4.90 Å². The molecule has 4 heteroatoms. The van der Waals surface area contributed by atoms with E-state index in [2.05, 4.69) is 17.9 Å². The molecule has 1 heterocycles. The molecule has 0 spiro atoms. The first kappa shape index (κ1) is 13.2. The Morgan fingerprint density at radius 2 is 2.33 bits per heavy atom. The predicted molar refractivity (Wildman–Crippen MR) is 71.8 cm³/mol. The summed E-state index contributed by atoms with van der Waals surface area (Å²) in [5.41, 5.74) is 0. The first-order valence-corrected chi connectivity index (χ1v) is 6.60. The fraction of sp³-hybridized carbons (Fsp3) is 0.500. The van der Waals surface area contributed by atoms with Crippen molar-refractivity contribution in [3.63, 3.8) is 0 Å². The van der Waals surface area contributed by atoms with Crippen LogP contribution in [0.4, 0.5) is 0 Å². The molecule has 0 saturated carbocycles. The Kier molecular flexibility index (Phi) is 4.46. The van der Waals surface area contributed by atoms with E-state index in [9.17, 15) is 0 Å². The number of para-hydroxylation sites is 1. The fourth-order valence-corrected chi connectivity index (χ4v) is 2.41. The lowest BCUT2D eigenvalue weighted by Gasteiger charge is -2.22. The first-order valence-electron chi connectivity index (χ1n) is 6.23. The van der Waals surface area contributed by atoms with Crippen LogP contribution in [0, 0.1) is 11.3 Å². The highest BCUT2D eigenvalue weighted by Crippen LogP contribution is 2.27. The van der Waals surface area contributed by atoms with E-state index in [1.54, 1.807) is 0 Å². The highest BCUT2D eigenvalue weighted by molar-refractivity contribution is 6.32. The number of likely N-dealkylation sites (tertiary alicyclic amines) is 1. The van der Waals surface area contributed by atoms with E-state index in [0.717, 1.165) is 25.3 Å². The van der Waals surface area contributed by atoms with E-state index in [-0.39, 0.29) is 6.10 Å². The Balaban J connectivity index is 1.90. The lowest BCUT2D eigenvalue weighted by molar-refractivity contribution is 0.183. The van der Waals surface area contributed by atoms with Crippen LogP contribution in [0.5, 0.6) is 5.75 Å². The van der Waals surface area contributed by atoms with E-state index in [0.29, 0.717) is 17.5 Å². The summed E-state index contributed by atoms with van der Waals surface area (Å²) in [6, 6.07) is 10.1. The summed E-state index contributed by atoms with van der Waals surface area (Å²) in [7, 11) is 0. The number of hydrogen-bond acceptors (Lipinski definition) is 3. The molecule has 2 rings (SSSR count). The van der Waals surface area contributed by atoms with Crippen molar-refractivity contribution < 1.29 is 4.74 Å². The molecule has 0 N–H and O–H groups in total. The van der Waals surface area contributed by atoms with Gasteiger partial charge in [-0.05, 0) is 25.5 Å². The first-order chi connectivity index (χ1) is 8.70. The van der Waals surface area contributed by atoms with Gasteiger partial charge in [-0.3, -0.25) is 4.90 Å². The van der Waals surface area contributed by atoms with Crippen molar-refractivity contribution in [3.8, 4) is 11.8 Å². The molecule has 1 aliphatic rings. The number of rotatable bonds is 4. The summed E-state index contributed by atoms with van der Waals surface area (Å²) >= 11 is 6.07. The van der Waals surface area contributed by atoms with Gasteiger partial charge in [0, 0.05) is 19.1 Å². The Morgan fingerprint density at radius 1 is 1.56 bits per heavy atom. The molecule has 1 saturated heterocycles. The monoisotopic (exact) mass is 264 g/mol. The predicted octanol–water partition coefficient (Wildman–Crippen LogP) is 3.10. The van der Waals surface area contributed by atoms with Crippen LogP contribution in [0.15, 0.2) is 24.3 Å². The third-order valence-corrected chi connectivity index (χ3v) is 3.63. The average Bonchev–Trinajstić information content (AvgIpc) is 2.81. The van der Waals surface area contributed by atoms with Crippen LogP contribution >= 0.6 is 11.6 Å². The zero-order chi connectivity index (χ0) is 13.0. The van der Waals surface area contributed by atoms with Crippen LogP contribution in [-0.2, 0) is 0 Å². The van der Waals surface area contributed by atoms with Crippen LogP contribution in [0.1, 0.15) is 19.8 Å². The molecule has 2 unspecified atom stereocenters. The zero-order valence-corrected chi connectivity index (χ0v) is 11.2. The summed E-state index contributed by atoms with van der Waals surface area (Å²) in [4.78, 5) is 2.30. The maximum Gasteiger partial charge on any atom is 0.138 e. The van der Waals surface area contributed by atoms with Crippen molar-refractivity contribution in [2.24, 2.45) is 0 Å². The van der Waals surface area contributed by atoms with Gasteiger partial charge >= 0.3 is 0 Å². The van der Waals surface area contributed by atoms with Crippen LogP contribution in [0.2, 0.25) is 5.02 Å². The van der Waals surface area contributed by atoms with Gasteiger partial charge in [-0.2, -0.15) is 5.26 Å². The largest absolute Gasteiger partial charge is 0.487 e. The van der Waals surface area contributed by atoms with Crippen molar-refractivity contribution in [2.75, 3.05) is 13.1 Å². The van der Waals surface area contributed by atoms with Crippen LogP contribution in [0.25, 0.3) is 0 Å². The fourth-order valence-electron chi connectivity index (χ4n) is 2.23. The molecule has 3 nitrogen and oxygen atoms in total. The van der Waals surface area contributed by atoms with Crippen LogP contribution in [0.3, 0.4) is 0 Å². The topological polar surface area (TPSA) is 36.3 Å². The molecule has 0 bridgehead atoms. The lowest BCUT2D eigenvalue weighted by Crippen LogP contribution is -2.32. The van der Waals surface area contributed by atoms with E-state index in [1.165, 1.54) is 0 Å². The molecular weight excluding hydrogens is 248 g/mol. The van der Waals surface area contributed by atoms with Gasteiger partial charge in [0.05, 0.1) is 17.5 Å².